The van der Waals surface area contributed by atoms with E-state index in [1.165, 1.54) is 18.3 Å². The van der Waals surface area contributed by atoms with Crippen molar-refractivity contribution in [1.82, 2.24) is 9.55 Å². The summed E-state index contributed by atoms with van der Waals surface area (Å²) in [4.78, 5) is 14.6. The van der Waals surface area contributed by atoms with Crippen LogP contribution in [0.1, 0.15) is 11.1 Å². The van der Waals surface area contributed by atoms with Crippen molar-refractivity contribution in [3.63, 3.8) is 0 Å². The fourth-order valence-corrected chi connectivity index (χ4v) is 3.31. The molecule has 0 saturated carbocycles. The van der Waals surface area contributed by atoms with E-state index in [4.69, 9.17) is 11.6 Å². The van der Waals surface area contributed by atoms with E-state index < -0.39 is 4.92 Å². The molecule has 0 aliphatic carbocycles. The van der Waals surface area contributed by atoms with E-state index in [1.54, 1.807) is 6.21 Å². The number of fused-ring (bicyclic) bond motifs is 1. The molecule has 1 N–H and O–H groups in total. The predicted octanol–water partition coefficient (Wildman–Crippen LogP) is 5.09. The van der Waals surface area contributed by atoms with Gasteiger partial charge in [0.2, 0.25) is 5.82 Å². The van der Waals surface area contributed by atoms with Gasteiger partial charge in [-0.15, -0.1) is 0 Å². The van der Waals surface area contributed by atoms with Crippen molar-refractivity contribution in [3.8, 4) is 0 Å². The number of halogens is 1. The van der Waals surface area contributed by atoms with Gasteiger partial charge in [0.15, 0.2) is 0 Å². The number of anilines is 1. The highest BCUT2D eigenvalue weighted by molar-refractivity contribution is 6.31. The van der Waals surface area contributed by atoms with Gasteiger partial charge in [0, 0.05) is 46.5 Å². The largest absolute Gasteiger partial charge is 0.342 e. The lowest BCUT2D eigenvalue weighted by Crippen LogP contribution is -1.99. The first-order valence-corrected chi connectivity index (χ1v) is 9.21. The number of hydrazone groups is 1. The number of rotatable bonds is 6. The highest BCUT2D eigenvalue weighted by Gasteiger charge is 2.13. The molecule has 0 fully saturated rings. The summed E-state index contributed by atoms with van der Waals surface area (Å²) in [5.74, 6) is 0.0913. The van der Waals surface area contributed by atoms with E-state index in [9.17, 15) is 10.1 Å². The van der Waals surface area contributed by atoms with Gasteiger partial charge in [-0.3, -0.25) is 15.5 Å². The highest BCUT2D eigenvalue weighted by atomic mass is 35.5. The van der Waals surface area contributed by atoms with Gasteiger partial charge in [-0.2, -0.15) is 5.10 Å². The molecule has 4 aromatic rings. The fourth-order valence-electron chi connectivity index (χ4n) is 3.11. The topological polar surface area (TPSA) is 85.3 Å². The fraction of sp³-hybridized carbons (Fsp3) is 0.0476. The summed E-state index contributed by atoms with van der Waals surface area (Å²) in [6.45, 7) is 0.618. The number of pyridine rings is 1. The molecule has 0 bridgehead atoms. The SMILES string of the molecule is O=[N+]([O-])c1cccnc1N/N=C\c1cn(Cc2ccccc2Cl)c2ccccc12. The lowest BCUT2D eigenvalue weighted by Gasteiger charge is -2.07. The van der Waals surface area contributed by atoms with Crippen LogP contribution in [0, 0.1) is 10.1 Å². The standard InChI is InChI=1S/C21H16ClN5O2/c22-18-8-3-1-6-15(18)13-26-14-16(17-7-2-4-9-19(17)26)12-24-25-21-20(27(28)29)10-5-11-23-21/h1-12,14H,13H2,(H,23,25)/b24-12-. The van der Waals surface area contributed by atoms with Crippen LogP contribution in [0.2, 0.25) is 5.02 Å². The minimum Gasteiger partial charge on any atom is -0.342 e. The van der Waals surface area contributed by atoms with E-state index >= 15 is 0 Å². The van der Waals surface area contributed by atoms with Crippen molar-refractivity contribution in [3.05, 3.63) is 99.3 Å². The molecule has 0 unspecified atom stereocenters. The molecule has 0 saturated heterocycles. The Hall–Kier alpha value is -3.71. The molecule has 0 aliphatic heterocycles. The Bertz CT molecular complexity index is 1220. The zero-order chi connectivity index (χ0) is 20.2. The van der Waals surface area contributed by atoms with Crippen LogP contribution in [0.5, 0.6) is 0 Å². The molecule has 144 valence electrons. The van der Waals surface area contributed by atoms with E-state index in [0.29, 0.717) is 11.6 Å². The Morgan fingerprint density at radius 1 is 1.14 bits per heavy atom. The Labute approximate surface area is 171 Å². The van der Waals surface area contributed by atoms with Crippen molar-refractivity contribution in [2.75, 3.05) is 5.43 Å². The third-order valence-corrected chi connectivity index (χ3v) is 4.84. The number of nitrogens with one attached hydrogen (secondary N) is 1. The molecular weight excluding hydrogens is 390 g/mol. The zero-order valence-corrected chi connectivity index (χ0v) is 16.0. The monoisotopic (exact) mass is 405 g/mol. The predicted molar refractivity (Wildman–Crippen MR) is 115 cm³/mol. The van der Waals surface area contributed by atoms with Gasteiger partial charge < -0.3 is 4.57 Å². The van der Waals surface area contributed by atoms with E-state index in [1.807, 2.05) is 54.7 Å². The summed E-state index contributed by atoms with van der Waals surface area (Å²) in [7, 11) is 0. The molecule has 7 nitrogen and oxygen atoms in total. The number of nitro groups is 1. The minimum absolute atomic E-state index is 0.0913. The van der Waals surface area contributed by atoms with Crippen LogP contribution in [-0.2, 0) is 6.54 Å². The number of para-hydroxylation sites is 1. The summed E-state index contributed by atoms with van der Waals surface area (Å²) in [5.41, 5.74) is 5.46. The third-order valence-electron chi connectivity index (χ3n) is 4.48. The first-order chi connectivity index (χ1) is 14.1. The van der Waals surface area contributed by atoms with Gasteiger partial charge >= 0.3 is 5.69 Å². The Balaban J connectivity index is 1.64. The van der Waals surface area contributed by atoms with Crippen LogP contribution < -0.4 is 5.43 Å². The first kappa shape index (κ1) is 18.6. The molecule has 2 aromatic heterocycles. The summed E-state index contributed by atoms with van der Waals surface area (Å²) >= 11 is 6.31. The van der Waals surface area contributed by atoms with Crippen LogP contribution in [0.15, 0.2) is 78.2 Å². The lowest BCUT2D eigenvalue weighted by atomic mass is 10.2. The molecule has 2 aromatic carbocycles. The van der Waals surface area contributed by atoms with Gasteiger partial charge in [-0.05, 0) is 23.8 Å². The molecule has 8 heteroatoms. The van der Waals surface area contributed by atoms with E-state index in [2.05, 4.69) is 20.1 Å². The van der Waals surface area contributed by atoms with Crippen LogP contribution in [-0.4, -0.2) is 20.7 Å². The molecule has 0 spiro atoms. The molecular formula is C21H16ClN5O2. The van der Waals surface area contributed by atoms with Crippen molar-refractivity contribution in [2.24, 2.45) is 5.10 Å². The van der Waals surface area contributed by atoms with Crippen LogP contribution >= 0.6 is 11.6 Å². The maximum absolute atomic E-state index is 11.1. The van der Waals surface area contributed by atoms with Crippen LogP contribution in [0.4, 0.5) is 11.5 Å². The Morgan fingerprint density at radius 3 is 2.76 bits per heavy atom. The molecule has 4 rings (SSSR count). The second kappa shape index (κ2) is 8.12. The summed E-state index contributed by atoms with van der Waals surface area (Å²) < 4.78 is 2.10. The lowest BCUT2D eigenvalue weighted by molar-refractivity contribution is -0.384. The first-order valence-electron chi connectivity index (χ1n) is 8.83. The minimum atomic E-state index is -0.500. The van der Waals surface area contributed by atoms with Crippen LogP contribution in [0.25, 0.3) is 10.9 Å². The molecule has 29 heavy (non-hydrogen) atoms. The van der Waals surface area contributed by atoms with Crippen molar-refractivity contribution < 1.29 is 4.92 Å². The number of hydrogen-bond acceptors (Lipinski definition) is 5. The van der Waals surface area contributed by atoms with Crippen molar-refractivity contribution in [1.29, 1.82) is 0 Å². The number of nitrogens with zero attached hydrogens (tertiary/aromatic N) is 4. The number of hydrogen-bond donors (Lipinski definition) is 1. The average molecular weight is 406 g/mol. The van der Waals surface area contributed by atoms with Gasteiger partial charge in [0.1, 0.15) is 0 Å². The average Bonchev–Trinajstić information content (AvgIpc) is 3.08. The van der Waals surface area contributed by atoms with Gasteiger partial charge in [-0.25, -0.2) is 4.98 Å². The van der Waals surface area contributed by atoms with Crippen molar-refractivity contribution >= 4 is 40.2 Å². The second-order valence-electron chi connectivity index (χ2n) is 6.32. The zero-order valence-electron chi connectivity index (χ0n) is 15.2. The van der Waals surface area contributed by atoms with Crippen molar-refractivity contribution in [2.45, 2.75) is 6.54 Å². The molecule has 0 amide bonds. The maximum atomic E-state index is 11.1. The van der Waals surface area contributed by atoms with E-state index in [0.717, 1.165) is 22.0 Å². The van der Waals surface area contributed by atoms with Gasteiger partial charge in [0.05, 0.1) is 11.1 Å². The molecule has 0 atom stereocenters. The normalized spacial score (nSPS) is 11.2. The number of aromatic nitrogens is 2. The Morgan fingerprint density at radius 2 is 1.93 bits per heavy atom. The molecule has 0 aliphatic rings. The maximum Gasteiger partial charge on any atom is 0.313 e. The van der Waals surface area contributed by atoms with Gasteiger partial charge in [0.25, 0.3) is 0 Å². The summed E-state index contributed by atoms with van der Waals surface area (Å²) in [5, 5.41) is 17.0. The van der Waals surface area contributed by atoms with Crippen LogP contribution in [0.3, 0.4) is 0 Å². The quantitative estimate of drug-likeness (QED) is 0.275. The second-order valence-corrected chi connectivity index (χ2v) is 6.73. The molecule has 2 heterocycles. The summed E-state index contributed by atoms with van der Waals surface area (Å²) in [6, 6.07) is 18.6. The number of benzene rings is 2. The summed E-state index contributed by atoms with van der Waals surface area (Å²) in [6.07, 6.45) is 5.08. The smallest absolute Gasteiger partial charge is 0.313 e. The van der Waals surface area contributed by atoms with Gasteiger partial charge in [-0.1, -0.05) is 48.0 Å². The highest BCUT2D eigenvalue weighted by Crippen LogP contribution is 2.24. The van der Waals surface area contributed by atoms with E-state index in [-0.39, 0.29) is 11.5 Å². The Kier molecular flexibility index (Phi) is 5.22. The molecule has 0 radical (unpaired) electrons. The third kappa shape index (κ3) is 3.95.